The maximum absolute atomic E-state index is 11.9. The van der Waals surface area contributed by atoms with Crippen LogP contribution in [-0.2, 0) is 9.53 Å². The van der Waals surface area contributed by atoms with Gasteiger partial charge in [-0.05, 0) is 63.8 Å². The van der Waals surface area contributed by atoms with E-state index in [2.05, 4.69) is 5.32 Å². The van der Waals surface area contributed by atoms with E-state index in [9.17, 15) is 4.79 Å². The second kappa shape index (κ2) is 9.34. The molecule has 0 fully saturated rings. The SMILES string of the molecule is CCOC(=O)C(C)(CCCCSc1ccc(Cl)cc1)NC. The fourth-order valence-corrected chi connectivity index (χ4v) is 2.96. The Kier molecular flexibility index (Phi) is 8.15. The summed E-state index contributed by atoms with van der Waals surface area (Å²) in [7, 11) is 1.80. The average Bonchev–Trinajstić information content (AvgIpc) is 2.48. The molecule has 0 aliphatic rings. The average molecular weight is 330 g/mol. The fourth-order valence-electron chi connectivity index (χ4n) is 1.92. The van der Waals surface area contributed by atoms with Crippen molar-refractivity contribution in [3.05, 3.63) is 29.3 Å². The van der Waals surface area contributed by atoms with Crippen molar-refractivity contribution in [2.75, 3.05) is 19.4 Å². The van der Waals surface area contributed by atoms with Crippen molar-refractivity contribution >= 4 is 29.3 Å². The first-order valence-corrected chi connectivity index (χ1v) is 8.62. The predicted octanol–water partition coefficient (Wildman–Crippen LogP) is 4.14. The Morgan fingerprint density at radius 3 is 2.57 bits per heavy atom. The van der Waals surface area contributed by atoms with Crippen LogP contribution in [0.4, 0.5) is 0 Å². The maximum atomic E-state index is 11.9. The van der Waals surface area contributed by atoms with Crippen LogP contribution in [0.3, 0.4) is 0 Å². The van der Waals surface area contributed by atoms with Crippen molar-refractivity contribution in [3.63, 3.8) is 0 Å². The molecule has 0 aromatic heterocycles. The van der Waals surface area contributed by atoms with Crippen LogP contribution in [0.2, 0.25) is 5.02 Å². The van der Waals surface area contributed by atoms with Crippen molar-refractivity contribution in [1.29, 1.82) is 0 Å². The molecule has 1 unspecified atom stereocenters. The molecule has 0 radical (unpaired) electrons. The summed E-state index contributed by atoms with van der Waals surface area (Å²) in [5, 5.41) is 3.84. The Bertz CT molecular complexity index is 438. The van der Waals surface area contributed by atoms with Crippen LogP contribution >= 0.6 is 23.4 Å². The number of hydrogen-bond acceptors (Lipinski definition) is 4. The second-order valence-corrected chi connectivity index (χ2v) is 6.67. The maximum Gasteiger partial charge on any atom is 0.326 e. The van der Waals surface area contributed by atoms with Crippen molar-refractivity contribution in [2.45, 2.75) is 43.5 Å². The summed E-state index contributed by atoms with van der Waals surface area (Å²) in [4.78, 5) is 13.1. The number of halogens is 1. The normalized spacial score (nSPS) is 13.7. The zero-order valence-electron chi connectivity index (χ0n) is 12.9. The summed E-state index contributed by atoms with van der Waals surface area (Å²) >= 11 is 7.67. The fraction of sp³-hybridized carbons (Fsp3) is 0.562. The van der Waals surface area contributed by atoms with Crippen molar-refractivity contribution in [1.82, 2.24) is 5.32 Å². The Morgan fingerprint density at radius 1 is 1.33 bits per heavy atom. The third-order valence-electron chi connectivity index (χ3n) is 3.43. The molecule has 0 aliphatic carbocycles. The van der Waals surface area contributed by atoms with Crippen LogP contribution in [0.5, 0.6) is 0 Å². The first-order valence-electron chi connectivity index (χ1n) is 7.26. The third kappa shape index (κ3) is 6.29. The van der Waals surface area contributed by atoms with Crippen LogP contribution in [-0.4, -0.2) is 30.9 Å². The van der Waals surface area contributed by atoms with Gasteiger partial charge >= 0.3 is 5.97 Å². The van der Waals surface area contributed by atoms with E-state index in [0.29, 0.717) is 6.61 Å². The van der Waals surface area contributed by atoms with Crippen LogP contribution < -0.4 is 5.32 Å². The van der Waals surface area contributed by atoms with Gasteiger partial charge in [-0.1, -0.05) is 18.0 Å². The highest BCUT2D eigenvalue weighted by molar-refractivity contribution is 7.99. The zero-order chi connectivity index (χ0) is 15.7. The molecule has 1 N–H and O–H groups in total. The monoisotopic (exact) mass is 329 g/mol. The van der Waals surface area contributed by atoms with E-state index in [0.717, 1.165) is 30.0 Å². The Labute approximate surface area is 136 Å². The quantitative estimate of drug-likeness (QED) is 0.420. The highest BCUT2D eigenvalue weighted by Gasteiger charge is 2.32. The molecule has 5 heteroatoms. The molecule has 118 valence electrons. The molecule has 1 aromatic rings. The van der Waals surface area contributed by atoms with Gasteiger partial charge < -0.3 is 10.1 Å². The van der Waals surface area contributed by atoms with Gasteiger partial charge in [-0.3, -0.25) is 4.79 Å². The number of carbonyl (C=O) groups excluding carboxylic acids is 1. The lowest BCUT2D eigenvalue weighted by atomic mass is 9.95. The largest absolute Gasteiger partial charge is 0.465 e. The topological polar surface area (TPSA) is 38.3 Å². The highest BCUT2D eigenvalue weighted by Crippen LogP contribution is 2.23. The Hall–Kier alpha value is -0.710. The van der Waals surface area contributed by atoms with Crippen molar-refractivity contribution in [2.24, 2.45) is 0 Å². The van der Waals surface area contributed by atoms with Crippen LogP contribution in [0, 0.1) is 0 Å². The minimum absolute atomic E-state index is 0.169. The number of benzene rings is 1. The number of likely N-dealkylation sites (N-methyl/N-ethyl adjacent to an activating group) is 1. The number of ether oxygens (including phenoxy) is 1. The Morgan fingerprint density at radius 2 is 2.00 bits per heavy atom. The molecule has 21 heavy (non-hydrogen) atoms. The lowest BCUT2D eigenvalue weighted by molar-refractivity contribution is -0.150. The molecule has 1 rings (SSSR count). The molecular weight excluding hydrogens is 306 g/mol. The van der Waals surface area contributed by atoms with E-state index >= 15 is 0 Å². The second-order valence-electron chi connectivity index (χ2n) is 5.06. The summed E-state index contributed by atoms with van der Waals surface area (Å²) in [5.74, 6) is 0.863. The molecule has 1 aromatic carbocycles. The number of unbranched alkanes of at least 4 members (excludes halogenated alkanes) is 1. The number of rotatable bonds is 9. The summed E-state index contributed by atoms with van der Waals surface area (Å²) in [5.41, 5.74) is -0.582. The highest BCUT2D eigenvalue weighted by atomic mass is 35.5. The number of esters is 1. The van der Waals surface area contributed by atoms with Gasteiger partial charge in [0.15, 0.2) is 0 Å². The standard InChI is InChI=1S/C16H24ClNO2S/c1-4-20-15(19)16(2,18-3)11-5-6-12-21-14-9-7-13(17)8-10-14/h7-10,18H,4-6,11-12H2,1-3H3. The molecule has 0 bridgehead atoms. The lowest BCUT2D eigenvalue weighted by Gasteiger charge is -2.26. The predicted molar refractivity (Wildman–Crippen MR) is 90.1 cm³/mol. The van der Waals surface area contributed by atoms with E-state index in [1.54, 1.807) is 7.05 Å². The van der Waals surface area contributed by atoms with Crippen LogP contribution in [0.1, 0.15) is 33.1 Å². The van der Waals surface area contributed by atoms with Gasteiger partial charge in [0.1, 0.15) is 5.54 Å². The minimum Gasteiger partial charge on any atom is -0.465 e. The van der Waals surface area contributed by atoms with E-state index in [1.165, 1.54) is 4.90 Å². The van der Waals surface area contributed by atoms with Crippen molar-refractivity contribution < 1.29 is 9.53 Å². The number of thioether (sulfide) groups is 1. The van der Waals surface area contributed by atoms with Gasteiger partial charge in [-0.25, -0.2) is 0 Å². The lowest BCUT2D eigenvalue weighted by Crippen LogP contribution is -2.48. The third-order valence-corrected chi connectivity index (χ3v) is 4.78. The van der Waals surface area contributed by atoms with Gasteiger partial charge in [0.2, 0.25) is 0 Å². The molecule has 0 aliphatic heterocycles. The van der Waals surface area contributed by atoms with Crippen LogP contribution in [0.25, 0.3) is 0 Å². The van der Waals surface area contributed by atoms with E-state index in [1.807, 2.05) is 49.9 Å². The van der Waals surface area contributed by atoms with Gasteiger partial charge in [0.05, 0.1) is 6.61 Å². The number of hydrogen-bond donors (Lipinski definition) is 1. The van der Waals surface area contributed by atoms with Crippen molar-refractivity contribution in [3.8, 4) is 0 Å². The molecule has 0 amide bonds. The minimum atomic E-state index is -0.582. The smallest absolute Gasteiger partial charge is 0.326 e. The van der Waals surface area contributed by atoms with E-state index in [4.69, 9.17) is 16.3 Å². The molecule has 0 saturated carbocycles. The van der Waals surface area contributed by atoms with Gasteiger partial charge in [0, 0.05) is 9.92 Å². The molecule has 0 spiro atoms. The van der Waals surface area contributed by atoms with E-state index in [-0.39, 0.29) is 5.97 Å². The summed E-state index contributed by atoms with van der Waals surface area (Å²) in [6.45, 7) is 4.15. The summed E-state index contributed by atoms with van der Waals surface area (Å²) in [6.07, 6.45) is 2.82. The first-order chi connectivity index (χ1) is 10.0. The Balaban J connectivity index is 2.28. The molecule has 0 heterocycles. The molecule has 3 nitrogen and oxygen atoms in total. The zero-order valence-corrected chi connectivity index (χ0v) is 14.5. The van der Waals surface area contributed by atoms with E-state index < -0.39 is 5.54 Å². The van der Waals surface area contributed by atoms with Crippen LogP contribution in [0.15, 0.2) is 29.2 Å². The molecular formula is C16H24ClNO2S. The summed E-state index contributed by atoms with van der Waals surface area (Å²) < 4.78 is 5.12. The van der Waals surface area contributed by atoms with Gasteiger partial charge in [-0.2, -0.15) is 0 Å². The number of nitrogens with one attached hydrogen (secondary N) is 1. The first kappa shape index (κ1) is 18.3. The van der Waals surface area contributed by atoms with Gasteiger partial charge in [-0.15, -0.1) is 11.8 Å². The van der Waals surface area contributed by atoms with Gasteiger partial charge in [0.25, 0.3) is 0 Å². The molecule has 0 saturated heterocycles. The summed E-state index contributed by atoms with van der Waals surface area (Å²) in [6, 6.07) is 7.87. The number of carbonyl (C=O) groups is 1. The molecule has 1 atom stereocenters.